The highest BCUT2D eigenvalue weighted by Gasteiger charge is 2.26. The van der Waals surface area contributed by atoms with Crippen LogP contribution in [0.4, 0.5) is 4.39 Å². The van der Waals surface area contributed by atoms with Crippen LogP contribution in [-0.4, -0.2) is 47.3 Å². The van der Waals surface area contributed by atoms with E-state index in [1.165, 1.54) is 12.3 Å². The zero-order valence-corrected chi connectivity index (χ0v) is 14.7. The van der Waals surface area contributed by atoms with Gasteiger partial charge in [-0.3, -0.25) is 9.88 Å². The van der Waals surface area contributed by atoms with Crippen molar-refractivity contribution in [1.82, 2.24) is 14.9 Å². The fourth-order valence-corrected chi connectivity index (χ4v) is 3.40. The van der Waals surface area contributed by atoms with Gasteiger partial charge >= 0.3 is 0 Å². The van der Waals surface area contributed by atoms with Gasteiger partial charge in [-0.15, -0.1) is 0 Å². The Morgan fingerprint density at radius 1 is 1.19 bits per heavy atom. The lowest BCUT2D eigenvalue weighted by molar-refractivity contribution is 0.0776. The molecule has 1 fully saturated rings. The van der Waals surface area contributed by atoms with Crippen LogP contribution in [0.25, 0.3) is 0 Å². The average Bonchev–Trinajstić information content (AvgIpc) is 2.68. The predicted molar refractivity (Wildman–Crippen MR) is 93.1 cm³/mol. The number of ether oxygens (including phenoxy) is 3. The minimum absolute atomic E-state index is 0.0790. The Morgan fingerprint density at radius 2 is 2.00 bits per heavy atom. The van der Waals surface area contributed by atoms with Crippen LogP contribution in [0.15, 0.2) is 30.6 Å². The maximum atomic E-state index is 13.2. The number of piperidine rings is 1. The van der Waals surface area contributed by atoms with Crippen molar-refractivity contribution >= 4 is 0 Å². The number of likely N-dealkylation sites (tertiary alicyclic amines) is 1. The number of pyridine rings is 2. The molecule has 0 amide bonds. The molecule has 0 aliphatic carbocycles. The summed E-state index contributed by atoms with van der Waals surface area (Å²) >= 11 is 0. The van der Waals surface area contributed by atoms with Gasteiger partial charge in [0.2, 0.25) is 0 Å². The number of halogens is 1. The molecule has 7 heteroatoms. The molecule has 4 rings (SSSR count). The minimum Gasteiger partial charge on any atom is -0.489 e. The molecule has 2 aromatic rings. The van der Waals surface area contributed by atoms with Crippen molar-refractivity contribution in [3.05, 3.63) is 42.1 Å². The zero-order chi connectivity index (χ0) is 17.9. The van der Waals surface area contributed by atoms with Crippen LogP contribution in [0, 0.1) is 5.82 Å². The first-order chi connectivity index (χ1) is 12.7. The van der Waals surface area contributed by atoms with Crippen LogP contribution in [0.5, 0.6) is 17.4 Å². The van der Waals surface area contributed by atoms with Gasteiger partial charge in [-0.1, -0.05) is 0 Å². The fourth-order valence-electron chi connectivity index (χ4n) is 3.40. The molecule has 0 aromatic carbocycles. The van der Waals surface area contributed by atoms with Gasteiger partial charge in [0.1, 0.15) is 30.9 Å². The lowest BCUT2D eigenvalue weighted by Crippen LogP contribution is -2.39. The Balaban J connectivity index is 1.35. The van der Waals surface area contributed by atoms with Crippen molar-refractivity contribution in [2.45, 2.75) is 31.9 Å². The van der Waals surface area contributed by atoms with Crippen LogP contribution in [0.2, 0.25) is 0 Å². The SMILES string of the molecule is CC(c1ccc2c(n1)OCCO2)N1CCC(Oc2cncc(F)c2)CC1. The average molecular weight is 359 g/mol. The second kappa shape index (κ2) is 7.45. The van der Waals surface area contributed by atoms with Crippen molar-refractivity contribution < 1.29 is 18.6 Å². The summed E-state index contributed by atoms with van der Waals surface area (Å²) in [5.41, 5.74) is 0.975. The second-order valence-electron chi connectivity index (χ2n) is 6.60. The van der Waals surface area contributed by atoms with E-state index in [0.717, 1.165) is 31.6 Å². The Morgan fingerprint density at radius 3 is 2.81 bits per heavy atom. The third-order valence-electron chi connectivity index (χ3n) is 4.86. The quantitative estimate of drug-likeness (QED) is 0.837. The van der Waals surface area contributed by atoms with E-state index < -0.39 is 0 Å². The van der Waals surface area contributed by atoms with E-state index in [-0.39, 0.29) is 18.0 Å². The molecule has 4 heterocycles. The van der Waals surface area contributed by atoms with Crippen molar-refractivity contribution in [1.29, 1.82) is 0 Å². The number of aromatic nitrogens is 2. The molecule has 2 aliphatic rings. The van der Waals surface area contributed by atoms with E-state index in [2.05, 4.69) is 21.8 Å². The van der Waals surface area contributed by atoms with Gasteiger partial charge in [0, 0.05) is 25.2 Å². The highest BCUT2D eigenvalue weighted by Crippen LogP contribution is 2.32. The van der Waals surface area contributed by atoms with E-state index in [9.17, 15) is 4.39 Å². The summed E-state index contributed by atoms with van der Waals surface area (Å²) in [6.07, 6.45) is 4.57. The van der Waals surface area contributed by atoms with Crippen LogP contribution in [0.1, 0.15) is 31.5 Å². The Labute approximate surface area is 151 Å². The molecular weight excluding hydrogens is 337 g/mol. The smallest absolute Gasteiger partial charge is 0.257 e. The largest absolute Gasteiger partial charge is 0.489 e. The molecule has 2 aromatic heterocycles. The fraction of sp³-hybridized carbons (Fsp3) is 0.474. The molecule has 0 bridgehead atoms. The van der Waals surface area contributed by atoms with Crippen LogP contribution >= 0.6 is 0 Å². The van der Waals surface area contributed by atoms with E-state index in [1.54, 1.807) is 6.20 Å². The van der Waals surface area contributed by atoms with Gasteiger partial charge in [-0.25, -0.2) is 9.37 Å². The van der Waals surface area contributed by atoms with Gasteiger partial charge in [0.15, 0.2) is 5.75 Å². The van der Waals surface area contributed by atoms with Crippen molar-refractivity contribution in [2.24, 2.45) is 0 Å². The Bertz CT molecular complexity index is 765. The van der Waals surface area contributed by atoms with Crippen molar-refractivity contribution in [3.8, 4) is 17.4 Å². The van der Waals surface area contributed by atoms with E-state index >= 15 is 0 Å². The van der Waals surface area contributed by atoms with Gasteiger partial charge < -0.3 is 14.2 Å². The van der Waals surface area contributed by atoms with E-state index in [4.69, 9.17) is 14.2 Å². The molecule has 2 aliphatic heterocycles. The van der Waals surface area contributed by atoms with Gasteiger partial charge in [-0.05, 0) is 31.9 Å². The summed E-state index contributed by atoms with van der Waals surface area (Å²) in [5.74, 6) is 1.41. The molecule has 1 unspecified atom stereocenters. The monoisotopic (exact) mass is 359 g/mol. The maximum absolute atomic E-state index is 13.2. The highest BCUT2D eigenvalue weighted by atomic mass is 19.1. The van der Waals surface area contributed by atoms with E-state index in [0.29, 0.717) is 30.6 Å². The van der Waals surface area contributed by atoms with Crippen molar-refractivity contribution in [2.75, 3.05) is 26.3 Å². The number of fused-ring (bicyclic) bond motifs is 1. The third-order valence-corrected chi connectivity index (χ3v) is 4.86. The molecule has 1 atom stereocenters. The van der Waals surface area contributed by atoms with E-state index in [1.807, 2.05) is 12.1 Å². The van der Waals surface area contributed by atoms with Crippen LogP contribution < -0.4 is 14.2 Å². The summed E-state index contributed by atoms with van der Waals surface area (Å²) in [6, 6.07) is 5.49. The molecule has 0 saturated carbocycles. The van der Waals surface area contributed by atoms with Gasteiger partial charge in [0.25, 0.3) is 5.88 Å². The minimum atomic E-state index is -0.377. The molecule has 1 saturated heterocycles. The Kier molecular flexibility index (Phi) is 4.88. The second-order valence-corrected chi connectivity index (χ2v) is 6.60. The molecule has 0 N–H and O–H groups in total. The maximum Gasteiger partial charge on any atom is 0.257 e. The van der Waals surface area contributed by atoms with Gasteiger partial charge in [0.05, 0.1) is 18.1 Å². The molecule has 138 valence electrons. The number of hydrogen-bond donors (Lipinski definition) is 0. The summed E-state index contributed by atoms with van der Waals surface area (Å²) in [7, 11) is 0. The topological polar surface area (TPSA) is 56.7 Å². The third kappa shape index (κ3) is 3.72. The zero-order valence-electron chi connectivity index (χ0n) is 14.7. The van der Waals surface area contributed by atoms with Crippen LogP contribution in [-0.2, 0) is 0 Å². The summed E-state index contributed by atoms with van der Waals surface area (Å²) < 4.78 is 30.2. The summed E-state index contributed by atoms with van der Waals surface area (Å²) in [4.78, 5) is 10.8. The first-order valence-corrected chi connectivity index (χ1v) is 8.97. The molecular formula is C19H22FN3O3. The first kappa shape index (κ1) is 17.0. The number of nitrogens with zero attached hydrogens (tertiary/aromatic N) is 3. The summed E-state index contributed by atoms with van der Waals surface area (Å²) in [5, 5.41) is 0. The standard InChI is InChI=1S/C19H22FN3O3/c1-13(17-2-3-18-19(22-17)25-9-8-24-18)23-6-4-15(5-7-23)26-16-10-14(20)11-21-12-16/h2-3,10-13,15H,4-9H2,1H3. The first-order valence-electron chi connectivity index (χ1n) is 8.97. The molecule has 26 heavy (non-hydrogen) atoms. The van der Waals surface area contributed by atoms with Crippen molar-refractivity contribution in [3.63, 3.8) is 0 Å². The normalized spacial score (nSPS) is 19.2. The number of hydrogen-bond acceptors (Lipinski definition) is 6. The van der Waals surface area contributed by atoms with Gasteiger partial charge in [-0.2, -0.15) is 0 Å². The molecule has 6 nitrogen and oxygen atoms in total. The van der Waals surface area contributed by atoms with Crippen LogP contribution in [0.3, 0.4) is 0 Å². The molecule has 0 radical (unpaired) electrons. The Hall–Kier alpha value is -2.41. The molecule has 0 spiro atoms. The number of rotatable bonds is 4. The lowest BCUT2D eigenvalue weighted by Gasteiger charge is -2.36. The highest BCUT2D eigenvalue weighted by molar-refractivity contribution is 5.36. The predicted octanol–water partition coefficient (Wildman–Crippen LogP) is 2.99. The lowest BCUT2D eigenvalue weighted by atomic mass is 10.0. The summed E-state index contributed by atoms with van der Waals surface area (Å²) in [6.45, 7) is 5.04.